The molecule has 0 unspecified atom stereocenters. The number of nitrogens with zero attached hydrogens (tertiary/aromatic N) is 3. The quantitative estimate of drug-likeness (QED) is 0.872. The lowest BCUT2D eigenvalue weighted by Crippen LogP contribution is -2.07. The van der Waals surface area contributed by atoms with Crippen molar-refractivity contribution >= 4 is 0 Å². The molecular weight excluding hydrogens is 259 g/mol. The zero-order chi connectivity index (χ0) is 14.2. The Morgan fingerprint density at radius 2 is 1.89 bits per heavy atom. The largest absolute Gasteiger partial charge is 0.390 e. The summed E-state index contributed by atoms with van der Waals surface area (Å²) in [5.41, 5.74) is 0.0779. The van der Waals surface area contributed by atoms with Crippen LogP contribution in [0.2, 0.25) is 0 Å². The predicted octanol–water partition coefficient (Wildman–Crippen LogP) is 2.44. The molecule has 7 heteroatoms. The molecule has 1 aromatic carbocycles. The van der Waals surface area contributed by atoms with Crippen molar-refractivity contribution in [2.75, 3.05) is 0 Å². The Hall–Kier alpha value is -1.89. The normalized spacial score (nSPS) is 11.3. The highest BCUT2D eigenvalue weighted by Gasteiger charge is 2.22. The van der Waals surface area contributed by atoms with Gasteiger partial charge in [-0.15, -0.1) is 5.10 Å². The average molecular weight is 271 g/mol. The van der Waals surface area contributed by atoms with Gasteiger partial charge in [-0.1, -0.05) is 5.21 Å². The second-order valence-electron chi connectivity index (χ2n) is 4.30. The molecule has 0 radical (unpaired) electrons. The van der Waals surface area contributed by atoms with Crippen molar-refractivity contribution in [1.29, 1.82) is 0 Å². The minimum absolute atomic E-state index is 0.110. The van der Waals surface area contributed by atoms with Gasteiger partial charge in [0.1, 0.15) is 5.69 Å². The third kappa shape index (κ3) is 2.21. The highest BCUT2D eigenvalue weighted by Crippen LogP contribution is 2.29. The van der Waals surface area contributed by atoms with Crippen LogP contribution in [0, 0.1) is 17.5 Å². The lowest BCUT2D eigenvalue weighted by molar-refractivity contribution is 0.277. The first-order valence-electron chi connectivity index (χ1n) is 5.66. The maximum Gasteiger partial charge on any atom is 0.195 e. The van der Waals surface area contributed by atoms with E-state index in [1.165, 1.54) is 4.68 Å². The van der Waals surface area contributed by atoms with Crippen LogP contribution in [0.3, 0.4) is 0 Å². The zero-order valence-electron chi connectivity index (χ0n) is 10.4. The Kier molecular flexibility index (Phi) is 3.57. The van der Waals surface area contributed by atoms with Crippen molar-refractivity contribution in [1.82, 2.24) is 15.0 Å². The summed E-state index contributed by atoms with van der Waals surface area (Å²) in [5.74, 6) is -4.15. The highest BCUT2D eigenvalue weighted by atomic mass is 19.2. The maximum absolute atomic E-state index is 13.8. The van der Waals surface area contributed by atoms with Crippen LogP contribution < -0.4 is 0 Å². The number of hydrogen-bond donors (Lipinski definition) is 1. The third-order valence-corrected chi connectivity index (χ3v) is 2.69. The lowest BCUT2D eigenvalue weighted by Gasteiger charge is -2.12. The molecular formula is C12H12F3N3O. The summed E-state index contributed by atoms with van der Waals surface area (Å²) in [7, 11) is 0. The SMILES string of the molecule is CC(C)n1nnc(CO)c1-c1ccc(F)c(F)c1F. The van der Waals surface area contributed by atoms with E-state index in [-0.39, 0.29) is 23.0 Å². The Morgan fingerprint density at radius 1 is 1.21 bits per heavy atom. The summed E-state index contributed by atoms with van der Waals surface area (Å²) < 4.78 is 41.4. The molecule has 0 spiro atoms. The molecule has 2 rings (SSSR count). The van der Waals surface area contributed by atoms with E-state index in [1.54, 1.807) is 13.8 Å². The van der Waals surface area contributed by atoms with E-state index in [9.17, 15) is 18.3 Å². The van der Waals surface area contributed by atoms with Gasteiger partial charge in [-0.05, 0) is 26.0 Å². The van der Waals surface area contributed by atoms with Crippen LogP contribution in [-0.4, -0.2) is 20.1 Å². The molecule has 102 valence electrons. The summed E-state index contributed by atoms with van der Waals surface area (Å²) in [4.78, 5) is 0. The first-order valence-corrected chi connectivity index (χ1v) is 5.66. The molecule has 0 aliphatic rings. The van der Waals surface area contributed by atoms with Gasteiger partial charge in [0.05, 0.1) is 12.3 Å². The fraction of sp³-hybridized carbons (Fsp3) is 0.333. The predicted molar refractivity (Wildman–Crippen MR) is 61.6 cm³/mol. The molecule has 0 aliphatic heterocycles. The van der Waals surface area contributed by atoms with Crippen LogP contribution >= 0.6 is 0 Å². The number of aliphatic hydroxyl groups excluding tert-OH is 1. The van der Waals surface area contributed by atoms with Crippen molar-refractivity contribution < 1.29 is 18.3 Å². The van der Waals surface area contributed by atoms with Gasteiger partial charge < -0.3 is 5.11 Å². The fourth-order valence-corrected chi connectivity index (χ4v) is 1.78. The van der Waals surface area contributed by atoms with Crippen molar-refractivity contribution in [3.05, 3.63) is 35.3 Å². The van der Waals surface area contributed by atoms with E-state index in [1.807, 2.05) is 0 Å². The van der Waals surface area contributed by atoms with Crippen LogP contribution in [0.25, 0.3) is 11.3 Å². The molecule has 0 saturated carbocycles. The topological polar surface area (TPSA) is 50.9 Å². The monoisotopic (exact) mass is 271 g/mol. The van der Waals surface area contributed by atoms with Gasteiger partial charge in [-0.3, -0.25) is 0 Å². The fourth-order valence-electron chi connectivity index (χ4n) is 1.78. The molecule has 1 N–H and O–H groups in total. The van der Waals surface area contributed by atoms with Gasteiger partial charge in [0.2, 0.25) is 0 Å². The summed E-state index contributed by atoms with van der Waals surface area (Å²) in [6.45, 7) is 3.08. The van der Waals surface area contributed by atoms with E-state index in [2.05, 4.69) is 10.3 Å². The molecule has 2 aromatic rings. The molecule has 19 heavy (non-hydrogen) atoms. The summed E-state index contributed by atoms with van der Waals surface area (Å²) >= 11 is 0. The number of hydrogen-bond acceptors (Lipinski definition) is 3. The number of aromatic nitrogens is 3. The van der Waals surface area contributed by atoms with E-state index in [0.29, 0.717) is 0 Å². The Morgan fingerprint density at radius 3 is 2.47 bits per heavy atom. The second kappa shape index (κ2) is 5.00. The van der Waals surface area contributed by atoms with Gasteiger partial charge in [-0.25, -0.2) is 17.9 Å². The number of halogens is 3. The molecule has 1 heterocycles. The summed E-state index contributed by atoms with van der Waals surface area (Å²) in [6.07, 6.45) is 0. The van der Waals surface area contributed by atoms with Crippen molar-refractivity contribution in [3.8, 4) is 11.3 Å². The van der Waals surface area contributed by atoms with Crippen LogP contribution in [0.5, 0.6) is 0 Å². The summed E-state index contributed by atoms with van der Waals surface area (Å²) in [5, 5.41) is 16.7. The summed E-state index contributed by atoms with van der Waals surface area (Å²) in [6, 6.07) is 1.76. The Bertz CT molecular complexity index is 611. The number of aliphatic hydroxyl groups is 1. The van der Waals surface area contributed by atoms with Gasteiger partial charge in [0.25, 0.3) is 0 Å². The van der Waals surface area contributed by atoms with Gasteiger partial charge in [-0.2, -0.15) is 0 Å². The smallest absolute Gasteiger partial charge is 0.195 e. The molecule has 0 amide bonds. The minimum atomic E-state index is -1.56. The van der Waals surface area contributed by atoms with E-state index in [4.69, 9.17) is 0 Å². The average Bonchev–Trinajstić information content (AvgIpc) is 2.80. The molecule has 0 aliphatic carbocycles. The minimum Gasteiger partial charge on any atom is -0.390 e. The molecule has 0 saturated heterocycles. The van der Waals surface area contributed by atoms with Crippen molar-refractivity contribution in [2.24, 2.45) is 0 Å². The Labute approximate surface area is 107 Å². The lowest BCUT2D eigenvalue weighted by atomic mass is 10.1. The first kappa shape index (κ1) is 13.5. The standard InChI is InChI=1S/C12H12F3N3O/c1-6(2)18-12(9(5-19)16-17-18)7-3-4-8(13)11(15)10(7)14/h3-4,6,19H,5H2,1-2H3. The van der Waals surface area contributed by atoms with Gasteiger partial charge in [0, 0.05) is 11.6 Å². The van der Waals surface area contributed by atoms with Crippen molar-refractivity contribution in [2.45, 2.75) is 26.5 Å². The van der Waals surface area contributed by atoms with Gasteiger partial charge in [0.15, 0.2) is 17.5 Å². The molecule has 0 atom stereocenters. The molecule has 0 fully saturated rings. The number of rotatable bonds is 3. The van der Waals surface area contributed by atoms with Crippen LogP contribution in [-0.2, 0) is 6.61 Å². The third-order valence-electron chi connectivity index (χ3n) is 2.69. The maximum atomic E-state index is 13.8. The number of benzene rings is 1. The van der Waals surface area contributed by atoms with Crippen molar-refractivity contribution in [3.63, 3.8) is 0 Å². The van der Waals surface area contributed by atoms with E-state index >= 15 is 0 Å². The van der Waals surface area contributed by atoms with Crippen LogP contribution in [0.15, 0.2) is 12.1 Å². The molecule has 1 aromatic heterocycles. The highest BCUT2D eigenvalue weighted by molar-refractivity contribution is 5.63. The van der Waals surface area contributed by atoms with Crippen LogP contribution in [0.4, 0.5) is 13.2 Å². The second-order valence-corrected chi connectivity index (χ2v) is 4.30. The first-order chi connectivity index (χ1) is 8.97. The molecule has 4 nitrogen and oxygen atoms in total. The van der Waals surface area contributed by atoms with Gasteiger partial charge >= 0.3 is 0 Å². The van der Waals surface area contributed by atoms with E-state index in [0.717, 1.165) is 12.1 Å². The zero-order valence-corrected chi connectivity index (χ0v) is 10.4. The Balaban J connectivity index is 2.71. The van der Waals surface area contributed by atoms with E-state index < -0.39 is 24.1 Å². The molecule has 0 bridgehead atoms. The van der Waals surface area contributed by atoms with Crippen LogP contribution in [0.1, 0.15) is 25.6 Å².